The average molecular weight is 143 g/mol. The molecule has 0 bridgehead atoms. The summed E-state index contributed by atoms with van der Waals surface area (Å²) < 4.78 is 0. The summed E-state index contributed by atoms with van der Waals surface area (Å²) in [6.45, 7) is 6.14. The van der Waals surface area contributed by atoms with Gasteiger partial charge in [-0.1, -0.05) is 6.92 Å². The van der Waals surface area contributed by atoms with Crippen molar-refractivity contribution in [1.82, 2.24) is 4.81 Å². The molecule has 0 aliphatic rings. The van der Waals surface area contributed by atoms with Gasteiger partial charge >= 0.3 is 7.05 Å². The maximum Gasteiger partial charge on any atom is 0.376 e. The second-order valence-corrected chi connectivity index (χ2v) is 2.40. The quantitative estimate of drug-likeness (QED) is 0.563. The zero-order valence-electron chi connectivity index (χ0n) is 6.79. The molecule has 0 aromatic heterocycles. The summed E-state index contributed by atoms with van der Waals surface area (Å²) in [5, 5.41) is 9.03. The van der Waals surface area contributed by atoms with Crippen LogP contribution in [0.1, 0.15) is 13.8 Å². The van der Waals surface area contributed by atoms with Crippen LogP contribution in [0.3, 0.4) is 0 Å². The van der Waals surface area contributed by atoms with Gasteiger partial charge in [0.1, 0.15) is 5.78 Å². The molecule has 4 heteroatoms. The molecule has 0 heterocycles. The third-order valence-corrected chi connectivity index (χ3v) is 1.36. The van der Waals surface area contributed by atoms with Crippen molar-refractivity contribution >= 4 is 12.8 Å². The Morgan fingerprint density at radius 1 is 1.70 bits per heavy atom. The summed E-state index contributed by atoms with van der Waals surface area (Å²) in [5.74, 6) is 0.0859. The molecule has 0 atom stereocenters. The van der Waals surface area contributed by atoms with Crippen LogP contribution >= 0.6 is 0 Å². The summed E-state index contributed by atoms with van der Waals surface area (Å²) in [5.41, 5.74) is 0. The fourth-order valence-corrected chi connectivity index (χ4v) is 0.794. The van der Waals surface area contributed by atoms with Crippen LogP contribution in [0, 0.1) is 0 Å². The van der Waals surface area contributed by atoms with Gasteiger partial charge in [0.15, 0.2) is 0 Å². The molecule has 0 aromatic rings. The molecule has 0 aliphatic heterocycles. The summed E-state index contributed by atoms with van der Waals surface area (Å²) in [4.78, 5) is 12.3. The van der Waals surface area contributed by atoms with Crippen LogP contribution in [0.15, 0.2) is 0 Å². The third kappa shape index (κ3) is 3.64. The van der Waals surface area contributed by atoms with E-state index in [9.17, 15) is 4.79 Å². The SMILES string of the molecule is CCN(CC(C)=O)B(C)O. The van der Waals surface area contributed by atoms with Gasteiger partial charge in [-0.3, -0.25) is 4.79 Å². The van der Waals surface area contributed by atoms with Crippen LogP contribution in [0.5, 0.6) is 0 Å². The average Bonchev–Trinajstić information content (AvgIpc) is 1.81. The smallest absolute Gasteiger partial charge is 0.376 e. The zero-order chi connectivity index (χ0) is 8.15. The Labute approximate surface area is 62.2 Å². The molecular formula is C6H14BNO2. The van der Waals surface area contributed by atoms with E-state index in [1.165, 1.54) is 6.92 Å². The van der Waals surface area contributed by atoms with E-state index in [1.807, 2.05) is 6.92 Å². The Morgan fingerprint density at radius 3 is 2.30 bits per heavy atom. The summed E-state index contributed by atoms with van der Waals surface area (Å²) in [6, 6.07) is 0. The zero-order valence-corrected chi connectivity index (χ0v) is 6.79. The van der Waals surface area contributed by atoms with Gasteiger partial charge in [-0.05, 0) is 20.3 Å². The minimum absolute atomic E-state index is 0.0859. The van der Waals surface area contributed by atoms with Crippen molar-refractivity contribution in [2.45, 2.75) is 20.7 Å². The van der Waals surface area contributed by atoms with Crippen LogP contribution in [0.2, 0.25) is 6.82 Å². The lowest BCUT2D eigenvalue weighted by Crippen LogP contribution is -2.39. The monoisotopic (exact) mass is 143 g/mol. The van der Waals surface area contributed by atoms with Gasteiger partial charge in [-0.25, -0.2) is 0 Å². The molecule has 58 valence electrons. The summed E-state index contributed by atoms with van der Waals surface area (Å²) >= 11 is 0. The fourth-order valence-electron chi connectivity index (χ4n) is 0.794. The highest BCUT2D eigenvalue weighted by Crippen LogP contribution is 1.90. The number of hydrogen-bond acceptors (Lipinski definition) is 3. The normalized spacial score (nSPS) is 10.1. The first-order valence-electron chi connectivity index (χ1n) is 3.49. The number of hydrogen-bond donors (Lipinski definition) is 1. The van der Waals surface area contributed by atoms with Crippen molar-refractivity contribution in [3.05, 3.63) is 0 Å². The van der Waals surface area contributed by atoms with Gasteiger partial charge in [-0.15, -0.1) is 0 Å². The van der Waals surface area contributed by atoms with E-state index in [-0.39, 0.29) is 5.78 Å². The maximum atomic E-state index is 10.6. The molecule has 0 radical (unpaired) electrons. The molecule has 0 spiro atoms. The molecule has 0 unspecified atom stereocenters. The molecule has 0 saturated heterocycles. The molecule has 0 fully saturated rings. The van der Waals surface area contributed by atoms with E-state index in [1.54, 1.807) is 11.6 Å². The van der Waals surface area contributed by atoms with E-state index < -0.39 is 7.05 Å². The van der Waals surface area contributed by atoms with E-state index in [0.29, 0.717) is 13.1 Å². The van der Waals surface area contributed by atoms with Crippen LogP contribution in [-0.4, -0.2) is 35.8 Å². The minimum Gasteiger partial charge on any atom is -0.437 e. The van der Waals surface area contributed by atoms with E-state index in [0.717, 1.165) is 0 Å². The topological polar surface area (TPSA) is 40.5 Å². The van der Waals surface area contributed by atoms with Crippen molar-refractivity contribution in [2.24, 2.45) is 0 Å². The molecule has 0 rings (SSSR count). The number of nitrogens with zero attached hydrogens (tertiary/aromatic N) is 1. The van der Waals surface area contributed by atoms with Crippen LogP contribution in [-0.2, 0) is 4.79 Å². The molecule has 0 aliphatic carbocycles. The van der Waals surface area contributed by atoms with E-state index in [2.05, 4.69) is 0 Å². The van der Waals surface area contributed by atoms with Crippen LogP contribution in [0.25, 0.3) is 0 Å². The Bertz CT molecular complexity index is 116. The Kier molecular flexibility index (Phi) is 4.31. The maximum absolute atomic E-state index is 10.6. The highest BCUT2D eigenvalue weighted by atomic mass is 16.2. The van der Waals surface area contributed by atoms with Gasteiger partial charge < -0.3 is 9.83 Å². The largest absolute Gasteiger partial charge is 0.437 e. The van der Waals surface area contributed by atoms with Crippen molar-refractivity contribution in [3.8, 4) is 0 Å². The molecule has 0 saturated carbocycles. The number of carbonyl (C=O) groups is 1. The Hall–Kier alpha value is -0.345. The van der Waals surface area contributed by atoms with Crippen molar-refractivity contribution < 1.29 is 9.82 Å². The summed E-state index contributed by atoms with van der Waals surface area (Å²) in [7, 11) is -0.520. The molecule has 3 nitrogen and oxygen atoms in total. The lowest BCUT2D eigenvalue weighted by atomic mass is 9.85. The van der Waals surface area contributed by atoms with Crippen molar-refractivity contribution in [2.75, 3.05) is 13.1 Å². The van der Waals surface area contributed by atoms with Crippen LogP contribution in [0.4, 0.5) is 0 Å². The van der Waals surface area contributed by atoms with E-state index in [4.69, 9.17) is 5.02 Å². The van der Waals surface area contributed by atoms with Gasteiger partial charge in [0.25, 0.3) is 0 Å². The van der Waals surface area contributed by atoms with Gasteiger partial charge in [0.2, 0.25) is 0 Å². The first-order valence-corrected chi connectivity index (χ1v) is 3.49. The highest BCUT2D eigenvalue weighted by Gasteiger charge is 2.14. The number of likely N-dealkylation sites (N-methyl/N-ethyl adjacent to an activating group) is 1. The van der Waals surface area contributed by atoms with Crippen molar-refractivity contribution in [3.63, 3.8) is 0 Å². The Morgan fingerprint density at radius 2 is 2.20 bits per heavy atom. The number of carbonyl (C=O) groups excluding carboxylic acids is 1. The predicted octanol–water partition coefficient (Wildman–Crippen LogP) is 0.00760. The lowest BCUT2D eigenvalue weighted by molar-refractivity contribution is -0.117. The molecule has 1 N–H and O–H groups in total. The number of rotatable bonds is 4. The molecular weight excluding hydrogens is 129 g/mol. The minimum atomic E-state index is -0.520. The third-order valence-electron chi connectivity index (χ3n) is 1.36. The van der Waals surface area contributed by atoms with E-state index >= 15 is 0 Å². The fraction of sp³-hybridized carbons (Fsp3) is 0.833. The van der Waals surface area contributed by atoms with Gasteiger partial charge in [0.05, 0.1) is 0 Å². The predicted molar refractivity (Wildman–Crippen MR) is 41.8 cm³/mol. The number of Topliss-reactive ketones (excluding diaryl/α,β-unsaturated/α-hetero) is 1. The van der Waals surface area contributed by atoms with Gasteiger partial charge in [-0.2, -0.15) is 0 Å². The lowest BCUT2D eigenvalue weighted by Gasteiger charge is -2.18. The molecule has 0 aromatic carbocycles. The second kappa shape index (κ2) is 4.47. The second-order valence-electron chi connectivity index (χ2n) is 2.40. The highest BCUT2D eigenvalue weighted by molar-refractivity contribution is 6.45. The first-order chi connectivity index (χ1) is 4.57. The molecule has 0 amide bonds. The van der Waals surface area contributed by atoms with Gasteiger partial charge in [0, 0.05) is 6.54 Å². The first kappa shape index (κ1) is 9.65. The Balaban J connectivity index is 3.71. The summed E-state index contributed by atoms with van der Waals surface area (Å²) in [6.07, 6.45) is 0. The molecule has 10 heavy (non-hydrogen) atoms. The van der Waals surface area contributed by atoms with Crippen molar-refractivity contribution in [1.29, 1.82) is 0 Å². The number of ketones is 1. The standard InChI is InChI=1S/C6H14BNO2/c1-4-8(7(3)10)5-6(2)9/h10H,4-5H2,1-3H3. The van der Waals surface area contributed by atoms with Crippen LogP contribution < -0.4 is 0 Å².